The van der Waals surface area contributed by atoms with Crippen LogP contribution >= 0.6 is 0 Å². The molecule has 144 valence electrons. The summed E-state index contributed by atoms with van der Waals surface area (Å²) in [5.74, 6) is 1.78. The molecule has 7 heteroatoms. The van der Waals surface area contributed by atoms with E-state index in [0.29, 0.717) is 22.9 Å². The second kappa shape index (κ2) is 7.72. The van der Waals surface area contributed by atoms with Crippen LogP contribution in [0.2, 0.25) is 0 Å². The standard InChI is InChI=1S/C21H22N4O3/c1-27-16-9-10-17(18(12-16)28-2)19-22-21(25-24-19)23-20(26)15-8-7-13-5-3-4-6-14(13)11-15/h7-12H,3-6H2,1-2H3,(H2,22,23,24,25,26). The number of rotatable bonds is 5. The third-order valence-electron chi connectivity index (χ3n) is 4.99. The van der Waals surface area contributed by atoms with Crippen LogP contribution in [0.15, 0.2) is 36.4 Å². The maximum absolute atomic E-state index is 12.6. The number of anilines is 1. The molecule has 2 N–H and O–H groups in total. The Morgan fingerprint density at radius 3 is 2.64 bits per heavy atom. The zero-order chi connectivity index (χ0) is 19.5. The van der Waals surface area contributed by atoms with Crippen molar-refractivity contribution < 1.29 is 14.3 Å². The predicted octanol–water partition coefficient (Wildman–Crippen LogP) is 3.62. The molecular weight excluding hydrogens is 356 g/mol. The highest BCUT2D eigenvalue weighted by Gasteiger charge is 2.16. The molecule has 0 saturated carbocycles. The van der Waals surface area contributed by atoms with Crippen LogP contribution in [0.25, 0.3) is 11.4 Å². The van der Waals surface area contributed by atoms with Crippen LogP contribution in [0, 0.1) is 0 Å². The van der Waals surface area contributed by atoms with E-state index in [0.717, 1.165) is 18.4 Å². The number of aryl methyl sites for hydroxylation is 2. The second-order valence-electron chi connectivity index (χ2n) is 6.72. The van der Waals surface area contributed by atoms with E-state index in [-0.39, 0.29) is 11.9 Å². The maximum Gasteiger partial charge on any atom is 0.258 e. The van der Waals surface area contributed by atoms with Crippen molar-refractivity contribution in [3.8, 4) is 22.9 Å². The van der Waals surface area contributed by atoms with Crippen molar-refractivity contribution in [1.29, 1.82) is 0 Å². The molecule has 7 nitrogen and oxygen atoms in total. The highest BCUT2D eigenvalue weighted by molar-refractivity contribution is 6.03. The lowest BCUT2D eigenvalue weighted by molar-refractivity contribution is 0.102. The smallest absolute Gasteiger partial charge is 0.258 e. The molecule has 0 bridgehead atoms. The van der Waals surface area contributed by atoms with Gasteiger partial charge in [0.05, 0.1) is 19.8 Å². The van der Waals surface area contributed by atoms with E-state index >= 15 is 0 Å². The van der Waals surface area contributed by atoms with E-state index in [9.17, 15) is 4.79 Å². The van der Waals surface area contributed by atoms with Crippen molar-refractivity contribution in [1.82, 2.24) is 15.2 Å². The zero-order valence-corrected chi connectivity index (χ0v) is 15.9. The lowest BCUT2D eigenvalue weighted by Crippen LogP contribution is -2.14. The molecule has 3 aromatic rings. The minimum atomic E-state index is -0.222. The number of carbonyl (C=O) groups is 1. The van der Waals surface area contributed by atoms with Crippen LogP contribution in [0.1, 0.15) is 34.3 Å². The van der Waals surface area contributed by atoms with Crippen molar-refractivity contribution in [3.05, 3.63) is 53.1 Å². The number of methoxy groups -OCH3 is 2. The minimum Gasteiger partial charge on any atom is -0.497 e. The number of aromatic nitrogens is 3. The topological polar surface area (TPSA) is 89.1 Å². The Balaban J connectivity index is 1.53. The van der Waals surface area contributed by atoms with Gasteiger partial charge in [-0.2, -0.15) is 4.98 Å². The van der Waals surface area contributed by atoms with Gasteiger partial charge in [0.2, 0.25) is 5.95 Å². The quantitative estimate of drug-likeness (QED) is 0.708. The fourth-order valence-corrected chi connectivity index (χ4v) is 3.48. The summed E-state index contributed by atoms with van der Waals surface area (Å²) in [6.45, 7) is 0. The van der Waals surface area contributed by atoms with Crippen LogP contribution in [0.5, 0.6) is 11.5 Å². The summed E-state index contributed by atoms with van der Waals surface area (Å²) in [5, 5.41) is 9.71. The average molecular weight is 378 g/mol. The molecule has 1 heterocycles. The van der Waals surface area contributed by atoms with Crippen molar-refractivity contribution in [2.24, 2.45) is 0 Å². The number of hydrogen-bond acceptors (Lipinski definition) is 5. The van der Waals surface area contributed by atoms with Gasteiger partial charge in [0.15, 0.2) is 5.82 Å². The number of aromatic amines is 1. The Morgan fingerprint density at radius 1 is 1.04 bits per heavy atom. The fourth-order valence-electron chi connectivity index (χ4n) is 3.48. The Kier molecular flexibility index (Phi) is 4.97. The lowest BCUT2D eigenvalue weighted by Gasteiger charge is -2.16. The number of hydrogen-bond donors (Lipinski definition) is 2. The van der Waals surface area contributed by atoms with Gasteiger partial charge in [0.1, 0.15) is 11.5 Å². The van der Waals surface area contributed by atoms with E-state index in [4.69, 9.17) is 9.47 Å². The SMILES string of the molecule is COc1ccc(-c2nc(NC(=O)c3ccc4c(c3)CCCC4)n[nH]2)c(OC)c1. The van der Waals surface area contributed by atoms with Crippen molar-refractivity contribution in [2.75, 3.05) is 19.5 Å². The Bertz CT molecular complexity index is 1010. The van der Waals surface area contributed by atoms with Crippen LogP contribution in [-0.4, -0.2) is 35.3 Å². The molecule has 1 aliphatic rings. The maximum atomic E-state index is 12.6. The summed E-state index contributed by atoms with van der Waals surface area (Å²) in [6.07, 6.45) is 4.50. The number of amides is 1. The molecule has 1 amide bonds. The summed E-state index contributed by atoms with van der Waals surface area (Å²) in [7, 11) is 3.17. The van der Waals surface area contributed by atoms with E-state index in [1.807, 2.05) is 24.3 Å². The summed E-state index contributed by atoms with van der Waals surface area (Å²) < 4.78 is 10.6. The molecular formula is C21H22N4O3. The first-order chi connectivity index (χ1) is 13.7. The van der Waals surface area contributed by atoms with Crippen molar-refractivity contribution in [3.63, 3.8) is 0 Å². The Hall–Kier alpha value is -3.35. The summed E-state index contributed by atoms with van der Waals surface area (Å²) in [5.41, 5.74) is 3.95. The monoisotopic (exact) mass is 378 g/mol. The largest absolute Gasteiger partial charge is 0.497 e. The minimum absolute atomic E-state index is 0.218. The third kappa shape index (κ3) is 3.55. The van der Waals surface area contributed by atoms with Gasteiger partial charge < -0.3 is 9.47 Å². The summed E-state index contributed by atoms with van der Waals surface area (Å²) in [4.78, 5) is 17.0. The Morgan fingerprint density at radius 2 is 1.86 bits per heavy atom. The van der Waals surface area contributed by atoms with Crippen molar-refractivity contribution in [2.45, 2.75) is 25.7 Å². The van der Waals surface area contributed by atoms with E-state index in [1.165, 1.54) is 24.0 Å². The zero-order valence-electron chi connectivity index (χ0n) is 15.9. The molecule has 1 aliphatic carbocycles. The van der Waals surface area contributed by atoms with Crippen LogP contribution in [-0.2, 0) is 12.8 Å². The highest BCUT2D eigenvalue weighted by atomic mass is 16.5. The first kappa shape index (κ1) is 18.0. The molecule has 0 spiro atoms. The molecule has 0 atom stereocenters. The van der Waals surface area contributed by atoms with E-state index < -0.39 is 0 Å². The lowest BCUT2D eigenvalue weighted by atomic mass is 9.90. The third-order valence-corrected chi connectivity index (χ3v) is 4.99. The van der Waals surface area contributed by atoms with Gasteiger partial charge in [-0.1, -0.05) is 6.07 Å². The molecule has 0 unspecified atom stereocenters. The van der Waals surface area contributed by atoms with Crippen LogP contribution in [0.3, 0.4) is 0 Å². The van der Waals surface area contributed by atoms with Gasteiger partial charge in [-0.05, 0) is 61.1 Å². The fraction of sp³-hybridized carbons (Fsp3) is 0.286. The molecule has 4 rings (SSSR count). The van der Waals surface area contributed by atoms with Gasteiger partial charge in [-0.15, -0.1) is 5.10 Å². The van der Waals surface area contributed by atoms with Crippen molar-refractivity contribution >= 4 is 11.9 Å². The van der Waals surface area contributed by atoms with Crippen LogP contribution < -0.4 is 14.8 Å². The van der Waals surface area contributed by atoms with Gasteiger partial charge in [0, 0.05) is 11.6 Å². The molecule has 0 saturated heterocycles. The summed E-state index contributed by atoms with van der Waals surface area (Å²) in [6, 6.07) is 11.3. The number of carbonyl (C=O) groups excluding carboxylic acids is 1. The van der Waals surface area contributed by atoms with Gasteiger partial charge in [-0.25, -0.2) is 0 Å². The molecule has 0 aliphatic heterocycles. The first-order valence-electron chi connectivity index (χ1n) is 9.26. The first-order valence-corrected chi connectivity index (χ1v) is 9.26. The Labute approximate surface area is 163 Å². The molecule has 1 aromatic heterocycles. The summed E-state index contributed by atoms with van der Waals surface area (Å²) >= 11 is 0. The predicted molar refractivity (Wildman–Crippen MR) is 106 cm³/mol. The van der Waals surface area contributed by atoms with Gasteiger partial charge in [0.25, 0.3) is 5.91 Å². The number of benzene rings is 2. The highest BCUT2D eigenvalue weighted by Crippen LogP contribution is 2.31. The average Bonchev–Trinajstić information content (AvgIpc) is 3.21. The number of ether oxygens (including phenoxy) is 2. The number of fused-ring (bicyclic) bond motifs is 1. The van der Waals surface area contributed by atoms with Crippen LogP contribution in [0.4, 0.5) is 5.95 Å². The molecule has 0 fully saturated rings. The second-order valence-corrected chi connectivity index (χ2v) is 6.72. The van der Waals surface area contributed by atoms with E-state index in [2.05, 4.69) is 26.6 Å². The molecule has 2 aromatic carbocycles. The van der Waals surface area contributed by atoms with Gasteiger partial charge in [-0.3, -0.25) is 15.2 Å². The van der Waals surface area contributed by atoms with E-state index in [1.54, 1.807) is 20.3 Å². The van der Waals surface area contributed by atoms with Gasteiger partial charge >= 0.3 is 0 Å². The normalized spacial score (nSPS) is 12.9. The number of nitrogens with one attached hydrogen (secondary N) is 2. The number of H-pyrrole nitrogens is 1. The molecule has 0 radical (unpaired) electrons. The number of nitrogens with zero attached hydrogens (tertiary/aromatic N) is 2. The molecule has 28 heavy (non-hydrogen) atoms.